The summed E-state index contributed by atoms with van der Waals surface area (Å²) in [5, 5.41) is 0. The van der Waals surface area contributed by atoms with Gasteiger partial charge < -0.3 is 24.0 Å². The van der Waals surface area contributed by atoms with Crippen molar-refractivity contribution in [2.24, 2.45) is 5.92 Å². The highest BCUT2D eigenvalue weighted by molar-refractivity contribution is 7.46. The molecule has 1 rings (SSSR count). The van der Waals surface area contributed by atoms with Crippen LogP contribution in [-0.4, -0.2) is 53.3 Å². The minimum Gasteiger partial charge on any atom is -0.462 e. The van der Waals surface area contributed by atoms with E-state index in [1.807, 2.05) is 0 Å². The Balaban J connectivity index is 2.07. The van der Waals surface area contributed by atoms with Crippen LogP contribution < -0.4 is 0 Å². The first kappa shape index (κ1) is 45.8. The zero-order chi connectivity index (χ0) is 36.0. The van der Waals surface area contributed by atoms with Crippen LogP contribution in [0, 0.1) is 5.92 Å². The third kappa shape index (κ3) is 31.2. The van der Waals surface area contributed by atoms with E-state index in [1.54, 1.807) is 0 Å². The molecule has 1 heterocycles. The minimum atomic E-state index is -4.76. The first-order valence-corrected chi connectivity index (χ1v) is 21.5. The highest BCUT2D eigenvalue weighted by atomic mass is 31.2. The van der Waals surface area contributed by atoms with Crippen molar-refractivity contribution in [3.63, 3.8) is 0 Å². The van der Waals surface area contributed by atoms with Crippen LogP contribution in [-0.2, 0) is 32.9 Å². The molecule has 0 saturated carbocycles. The van der Waals surface area contributed by atoms with Gasteiger partial charge in [0.1, 0.15) is 6.61 Å². The zero-order valence-corrected chi connectivity index (χ0v) is 32.4. The Bertz CT molecular complexity index is 888. The summed E-state index contributed by atoms with van der Waals surface area (Å²) in [5.74, 6) is -0.0844. The quantitative estimate of drug-likeness (QED) is 0.0216. The molecule has 0 aromatic heterocycles. The first-order valence-electron chi connectivity index (χ1n) is 20.0. The van der Waals surface area contributed by atoms with Gasteiger partial charge in [-0.25, -0.2) is 4.57 Å². The molecule has 0 amide bonds. The standard InChI is InChI=1S/C39H73O9P/c1-4-5-6-7-18-23-28-36-37(48-36)29-24-19-16-21-26-31-39(41)47-35(33-46-49(42,43)44)32-45-38(40)30-25-20-15-13-11-9-8-10-12-14-17-22-27-34(2)3/h18,23,34-37H,4-17,19-22,24-33H2,1-3H3,(H2,42,43,44)/b23-18-/t35-,36?,37?/m1/s1. The number of rotatable bonds is 35. The summed E-state index contributed by atoms with van der Waals surface area (Å²) in [7, 11) is -4.76. The molecule has 288 valence electrons. The molecule has 3 atom stereocenters. The predicted octanol–water partition coefficient (Wildman–Crippen LogP) is 10.7. The third-order valence-electron chi connectivity index (χ3n) is 9.14. The van der Waals surface area contributed by atoms with Crippen molar-refractivity contribution in [3.05, 3.63) is 12.2 Å². The minimum absolute atomic E-state index is 0.192. The fourth-order valence-corrected chi connectivity index (χ4v) is 6.40. The molecule has 2 unspecified atom stereocenters. The van der Waals surface area contributed by atoms with Crippen molar-refractivity contribution in [3.8, 4) is 0 Å². The second-order valence-electron chi connectivity index (χ2n) is 14.5. The van der Waals surface area contributed by atoms with Gasteiger partial charge in [-0.15, -0.1) is 0 Å². The monoisotopic (exact) mass is 716 g/mol. The van der Waals surface area contributed by atoms with E-state index >= 15 is 0 Å². The van der Waals surface area contributed by atoms with Crippen molar-refractivity contribution in [1.29, 1.82) is 0 Å². The normalized spacial score (nSPS) is 16.8. The molecular formula is C39H73O9P. The molecule has 1 saturated heterocycles. The summed E-state index contributed by atoms with van der Waals surface area (Å²) in [5.41, 5.74) is 0. The van der Waals surface area contributed by atoms with Gasteiger partial charge in [-0.05, 0) is 44.4 Å². The van der Waals surface area contributed by atoms with Gasteiger partial charge in [-0.2, -0.15) is 0 Å². The van der Waals surface area contributed by atoms with E-state index < -0.39 is 32.5 Å². The average molecular weight is 717 g/mol. The summed E-state index contributed by atoms with van der Waals surface area (Å²) in [6.07, 6.45) is 32.4. The number of unbranched alkanes of at least 4 members (excludes halogenated alkanes) is 18. The zero-order valence-electron chi connectivity index (χ0n) is 31.5. The van der Waals surface area contributed by atoms with Crippen molar-refractivity contribution in [2.45, 2.75) is 206 Å². The van der Waals surface area contributed by atoms with Gasteiger partial charge in [-0.1, -0.05) is 148 Å². The number of carbonyl (C=O) groups is 2. The summed E-state index contributed by atoms with van der Waals surface area (Å²) < 4.78 is 32.1. The molecule has 2 N–H and O–H groups in total. The second-order valence-corrected chi connectivity index (χ2v) is 15.7. The van der Waals surface area contributed by atoms with Crippen LogP contribution in [0.5, 0.6) is 0 Å². The highest BCUT2D eigenvalue weighted by Crippen LogP contribution is 2.36. The van der Waals surface area contributed by atoms with Gasteiger partial charge in [0.15, 0.2) is 6.10 Å². The molecule has 0 aromatic carbocycles. The Morgan fingerprint density at radius 2 is 1.24 bits per heavy atom. The molecule has 1 fully saturated rings. The lowest BCUT2D eigenvalue weighted by Gasteiger charge is -2.18. The fraction of sp³-hybridized carbons (Fsp3) is 0.897. The topological polar surface area (TPSA) is 132 Å². The molecular weight excluding hydrogens is 643 g/mol. The number of hydrogen-bond acceptors (Lipinski definition) is 7. The number of ether oxygens (including phenoxy) is 3. The summed E-state index contributed by atoms with van der Waals surface area (Å²) in [4.78, 5) is 42.8. The van der Waals surface area contributed by atoms with Gasteiger partial charge in [0.25, 0.3) is 0 Å². The molecule has 10 heteroatoms. The Morgan fingerprint density at radius 3 is 1.82 bits per heavy atom. The summed E-state index contributed by atoms with van der Waals surface area (Å²) in [6.45, 7) is 5.97. The lowest BCUT2D eigenvalue weighted by molar-refractivity contribution is -0.161. The van der Waals surface area contributed by atoms with Crippen LogP contribution in [0.4, 0.5) is 0 Å². The Labute approximate surface area is 299 Å². The van der Waals surface area contributed by atoms with Crippen molar-refractivity contribution in [2.75, 3.05) is 13.2 Å². The molecule has 9 nitrogen and oxygen atoms in total. The highest BCUT2D eigenvalue weighted by Gasteiger charge is 2.36. The van der Waals surface area contributed by atoms with E-state index in [0.717, 1.165) is 70.1 Å². The molecule has 1 aliphatic heterocycles. The number of epoxide rings is 1. The van der Waals surface area contributed by atoms with Crippen molar-refractivity contribution in [1.82, 2.24) is 0 Å². The number of allylic oxidation sites excluding steroid dienone is 1. The Morgan fingerprint density at radius 1 is 0.694 bits per heavy atom. The first-order chi connectivity index (χ1) is 23.6. The number of phosphoric ester groups is 1. The number of esters is 2. The Kier molecular flexibility index (Phi) is 28.4. The van der Waals surface area contributed by atoms with Gasteiger partial charge in [0.05, 0.1) is 18.8 Å². The van der Waals surface area contributed by atoms with E-state index in [4.69, 9.17) is 24.0 Å². The Hall–Kier alpha value is -1.25. The maximum absolute atomic E-state index is 12.4. The maximum atomic E-state index is 12.4. The number of phosphoric acid groups is 1. The van der Waals surface area contributed by atoms with Gasteiger partial charge >= 0.3 is 19.8 Å². The fourth-order valence-electron chi connectivity index (χ4n) is 6.03. The van der Waals surface area contributed by atoms with E-state index in [2.05, 4.69) is 37.4 Å². The molecule has 0 aliphatic carbocycles. The van der Waals surface area contributed by atoms with Crippen LogP contribution in [0.1, 0.15) is 188 Å². The smallest absolute Gasteiger partial charge is 0.462 e. The van der Waals surface area contributed by atoms with Crippen LogP contribution in [0.3, 0.4) is 0 Å². The van der Waals surface area contributed by atoms with Crippen molar-refractivity contribution >= 4 is 19.8 Å². The van der Waals surface area contributed by atoms with Gasteiger partial charge in [0, 0.05) is 12.8 Å². The lowest BCUT2D eigenvalue weighted by Crippen LogP contribution is -2.29. The molecule has 0 radical (unpaired) electrons. The summed E-state index contributed by atoms with van der Waals surface area (Å²) in [6, 6.07) is 0. The molecule has 0 aromatic rings. The molecule has 1 aliphatic rings. The van der Waals surface area contributed by atoms with E-state index in [1.165, 1.54) is 83.5 Å². The average Bonchev–Trinajstić information content (AvgIpc) is 3.80. The van der Waals surface area contributed by atoms with Crippen molar-refractivity contribution < 1.29 is 42.7 Å². The largest absolute Gasteiger partial charge is 0.469 e. The van der Waals surface area contributed by atoms with Crippen LogP contribution in [0.15, 0.2) is 12.2 Å². The molecule has 0 spiro atoms. The number of hydrogen-bond donors (Lipinski definition) is 2. The third-order valence-corrected chi connectivity index (χ3v) is 9.62. The van der Waals surface area contributed by atoms with Crippen LogP contribution in [0.2, 0.25) is 0 Å². The summed E-state index contributed by atoms with van der Waals surface area (Å²) >= 11 is 0. The lowest BCUT2D eigenvalue weighted by atomic mass is 10.0. The van der Waals surface area contributed by atoms with E-state index in [0.29, 0.717) is 18.6 Å². The second kappa shape index (κ2) is 30.4. The predicted molar refractivity (Wildman–Crippen MR) is 197 cm³/mol. The van der Waals surface area contributed by atoms with E-state index in [-0.39, 0.29) is 19.4 Å². The molecule has 49 heavy (non-hydrogen) atoms. The molecule has 0 bridgehead atoms. The van der Waals surface area contributed by atoms with Crippen LogP contribution >= 0.6 is 7.82 Å². The van der Waals surface area contributed by atoms with Crippen LogP contribution in [0.25, 0.3) is 0 Å². The van der Waals surface area contributed by atoms with E-state index in [9.17, 15) is 14.2 Å². The number of carbonyl (C=O) groups excluding carboxylic acids is 2. The van der Waals surface area contributed by atoms with Gasteiger partial charge in [0.2, 0.25) is 0 Å². The maximum Gasteiger partial charge on any atom is 0.469 e. The SMILES string of the molecule is CCCCC/C=C\CC1OC1CCCCCCCC(=O)O[C@H](COC(=O)CCCCCCCCCCCCCCC(C)C)COP(=O)(O)O. The van der Waals surface area contributed by atoms with Gasteiger partial charge in [-0.3, -0.25) is 14.1 Å².